The van der Waals surface area contributed by atoms with Crippen molar-refractivity contribution in [1.82, 2.24) is 14.9 Å². The number of nitrogens with zero attached hydrogens (tertiary/aromatic N) is 4. The minimum Gasteiger partial charge on any atom is -0.465 e. The molecule has 1 aromatic rings. The first kappa shape index (κ1) is 16.4. The van der Waals surface area contributed by atoms with E-state index in [1.807, 2.05) is 6.26 Å². The van der Waals surface area contributed by atoms with Gasteiger partial charge >= 0.3 is 6.09 Å². The van der Waals surface area contributed by atoms with Crippen molar-refractivity contribution < 1.29 is 9.90 Å². The first-order valence-corrected chi connectivity index (χ1v) is 9.48. The third-order valence-corrected chi connectivity index (χ3v) is 5.82. The van der Waals surface area contributed by atoms with Gasteiger partial charge in [0.1, 0.15) is 17.2 Å². The lowest BCUT2D eigenvalue weighted by Crippen LogP contribution is -2.42. The second-order valence-electron chi connectivity index (χ2n) is 6.35. The van der Waals surface area contributed by atoms with Gasteiger partial charge in [0.05, 0.1) is 0 Å². The maximum Gasteiger partial charge on any atom is 0.407 e. The topological polar surface area (TPSA) is 69.6 Å². The summed E-state index contributed by atoms with van der Waals surface area (Å²) in [6.45, 7) is 3.47. The summed E-state index contributed by atoms with van der Waals surface area (Å²) in [5.74, 6) is 2.44. The molecule has 0 saturated carbocycles. The van der Waals surface area contributed by atoms with Gasteiger partial charge in [0.15, 0.2) is 0 Å². The van der Waals surface area contributed by atoms with Gasteiger partial charge in [-0.05, 0) is 43.8 Å². The van der Waals surface area contributed by atoms with Crippen molar-refractivity contribution in [3.05, 3.63) is 12.4 Å². The largest absolute Gasteiger partial charge is 0.465 e. The van der Waals surface area contributed by atoms with Gasteiger partial charge in [0.25, 0.3) is 0 Å². The van der Waals surface area contributed by atoms with Crippen LogP contribution >= 0.6 is 11.8 Å². The predicted molar refractivity (Wildman–Crippen MR) is 91.1 cm³/mol. The smallest absolute Gasteiger partial charge is 0.407 e. The summed E-state index contributed by atoms with van der Waals surface area (Å²) in [5, 5.41) is 10.1. The molecule has 7 heteroatoms. The number of piperidine rings is 2. The highest BCUT2D eigenvalue weighted by Crippen LogP contribution is 2.33. The molecule has 0 aromatic carbocycles. The second-order valence-corrected chi connectivity index (χ2v) is 7.18. The van der Waals surface area contributed by atoms with E-state index < -0.39 is 6.09 Å². The molecule has 1 aromatic heterocycles. The van der Waals surface area contributed by atoms with Gasteiger partial charge in [-0.15, -0.1) is 11.8 Å². The molecule has 1 N–H and O–H groups in total. The third-order valence-electron chi connectivity index (χ3n) is 5.18. The SMILES string of the molecule is CSc1cc(N2CCC(C3CCN(C(=O)O)CC3)CC2)ncn1. The number of hydrogen-bond acceptors (Lipinski definition) is 5. The second kappa shape index (κ2) is 7.38. The monoisotopic (exact) mass is 336 g/mol. The lowest BCUT2D eigenvalue weighted by atomic mass is 9.79. The first-order valence-electron chi connectivity index (χ1n) is 8.26. The van der Waals surface area contributed by atoms with Crippen LogP contribution in [0, 0.1) is 11.8 Å². The minimum atomic E-state index is -0.772. The van der Waals surface area contributed by atoms with Crippen LogP contribution in [0.25, 0.3) is 0 Å². The van der Waals surface area contributed by atoms with Crippen LogP contribution in [0.2, 0.25) is 0 Å². The molecule has 2 aliphatic heterocycles. The van der Waals surface area contributed by atoms with Crippen LogP contribution in [-0.4, -0.2) is 58.5 Å². The molecule has 0 atom stereocenters. The molecule has 3 heterocycles. The maximum absolute atomic E-state index is 11.0. The Bertz CT molecular complexity index is 541. The molecule has 0 aliphatic carbocycles. The number of aromatic nitrogens is 2. The molecule has 0 radical (unpaired) electrons. The van der Waals surface area contributed by atoms with Crippen LogP contribution in [0.1, 0.15) is 25.7 Å². The average Bonchev–Trinajstić information content (AvgIpc) is 2.62. The Hall–Kier alpha value is -1.50. The fourth-order valence-electron chi connectivity index (χ4n) is 3.78. The molecular weight excluding hydrogens is 312 g/mol. The van der Waals surface area contributed by atoms with Crippen LogP contribution in [0.3, 0.4) is 0 Å². The van der Waals surface area contributed by atoms with E-state index in [0.29, 0.717) is 19.0 Å². The Morgan fingerprint density at radius 3 is 2.30 bits per heavy atom. The van der Waals surface area contributed by atoms with Crippen LogP contribution in [0.5, 0.6) is 0 Å². The Morgan fingerprint density at radius 2 is 1.74 bits per heavy atom. The molecule has 0 unspecified atom stereocenters. The van der Waals surface area contributed by atoms with Gasteiger partial charge < -0.3 is 14.9 Å². The average molecular weight is 336 g/mol. The van der Waals surface area contributed by atoms with Crippen molar-refractivity contribution in [2.24, 2.45) is 11.8 Å². The summed E-state index contributed by atoms with van der Waals surface area (Å²) in [4.78, 5) is 23.5. The molecule has 126 valence electrons. The van der Waals surface area contributed by atoms with Crippen molar-refractivity contribution in [2.75, 3.05) is 37.3 Å². The van der Waals surface area contributed by atoms with Crippen molar-refractivity contribution in [1.29, 1.82) is 0 Å². The normalized spacial score (nSPS) is 20.7. The van der Waals surface area contributed by atoms with E-state index in [1.165, 1.54) is 12.8 Å². The highest BCUT2D eigenvalue weighted by atomic mass is 32.2. The standard InChI is InChI=1S/C16H24N4O2S/c1-23-15-10-14(17-11-18-15)19-6-2-12(3-7-19)13-4-8-20(9-5-13)16(21)22/h10-13H,2-9H2,1H3,(H,21,22). The predicted octanol–water partition coefficient (Wildman–Crippen LogP) is 2.80. The molecule has 6 nitrogen and oxygen atoms in total. The summed E-state index contributed by atoms with van der Waals surface area (Å²) in [6.07, 6.45) is 7.29. The van der Waals surface area contributed by atoms with Gasteiger partial charge in [-0.2, -0.15) is 0 Å². The van der Waals surface area contributed by atoms with Gasteiger partial charge in [0.2, 0.25) is 0 Å². The van der Waals surface area contributed by atoms with Crippen LogP contribution < -0.4 is 4.90 Å². The van der Waals surface area contributed by atoms with Gasteiger partial charge in [-0.1, -0.05) is 0 Å². The summed E-state index contributed by atoms with van der Waals surface area (Å²) >= 11 is 1.64. The molecule has 3 rings (SSSR count). The lowest BCUT2D eigenvalue weighted by Gasteiger charge is -2.39. The summed E-state index contributed by atoms with van der Waals surface area (Å²) in [6, 6.07) is 2.07. The van der Waals surface area contributed by atoms with Crippen molar-refractivity contribution >= 4 is 23.7 Å². The molecule has 2 aliphatic rings. The number of carbonyl (C=O) groups is 1. The number of carboxylic acid groups (broad SMARTS) is 1. The van der Waals surface area contributed by atoms with E-state index in [1.54, 1.807) is 23.0 Å². The van der Waals surface area contributed by atoms with Crippen LogP contribution in [0.4, 0.5) is 10.6 Å². The molecule has 0 spiro atoms. The van der Waals surface area contributed by atoms with Gasteiger partial charge in [-0.25, -0.2) is 14.8 Å². The molecule has 23 heavy (non-hydrogen) atoms. The van der Waals surface area contributed by atoms with E-state index in [0.717, 1.165) is 42.7 Å². The number of likely N-dealkylation sites (tertiary alicyclic amines) is 1. The molecular formula is C16H24N4O2S. The number of hydrogen-bond donors (Lipinski definition) is 1. The van der Waals surface area contributed by atoms with Gasteiger partial charge in [0, 0.05) is 32.2 Å². The lowest BCUT2D eigenvalue weighted by molar-refractivity contribution is 0.107. The fourth-order valence-corrected chi connectivity index (χ4v) is 4.15. The van der Waals surface area contributed by atoms with E-state index in [4.69, 9.17) is 5.11 Å². The van der Waals surface area contributed by atoms with Crippen molar-refractivity contribution in [2.45, 2.75) is 30.7 Å². The van der Waals surface area contributed by atoms with E-state index in [9.17, 15) is 4.79 Å². The third kappa shape index (κ3) is 3.88. The highest BCUT2D eigenvalue weighted by molar-refractivity contribution is 7.98. The van der Waals surface area contributed by atoms with Crippen LogP contribution in [0.15, 0.2) is 17.4 Å². The van der Waals surface area contributed by atoms with Crippen molar-refractivity contribution in [3.8, 4) is 0 Å². The summed E-state index contributed by atoms with van der Waals surface area (Å²) in [5.41, 5.74) is 0. The number of amides is 1. The Kier molecular flexibility index (Phi) is 5.25. The van der Waals surface area contributed by atoms with E-state index in [2.05, 4.69) is 20.9 Å². The molecule has 2 fully saturated rings. The maximum atomic E-state index is 11.0. The number of thioether (sulfide) groups is 1. The first-order chi connectivity index (χ1) is 11.2. The van der Waals surface area contributed by atoms with Crippen LogP contribution in [-0.2, 0) is 0 Å². The molecule has 1 amide bonds. The summed E-state index contributed by atoms with van der Waals surface area (Å²) < 4.78 is 0. The number of anilines is 1. The fraction of sp³-hybridized carbons (Fsp3) is 0.688. The van der Waals surface area contributed by atoms with E-state index >= 15 is 0 Å². The Labute approximate surface area is 141 Å². The van der Waals surface area contributed by atoms with Crippen molar-refractivity contribution in [3.63, 3.8) is 0 Å². The Morgan fingerprint density at radius 1 is 1.13 bits per heavy atom. The number of rotatable bonds is 3. The molecule has 2 saturated heterocycles. The van der Waals surface area contributed by atoms with E-state index in [-0.39, 0.29) is 0 Å². The minimum absolute atomic E-state index is 0.680. The summed E-state index contributed by atoms with van der Waals surface area (Å²) in [7, 11) is 0. The highest BCUT2D eigenvalue weighted by Gasteiger charge is 2.31. The zero-order chi connectivity index (χ0) is 16.2. The quantitative estimate of drug-likeness (QED) is 0.676. The zero-order valence-corrected chi connectivity index (χ0v) is 14.3. The zero-order valence-electron chi connectivity index (χ0n) is 13.5. The van der Waals surface area contributed by atoms with Gasteiger partial charge in [-0.3, -0.25) is 0 Å². The molecule has 0 bridgehead atoms. The Balaban J connectivity index is 1.51.